The zero-order valence-corrected chi connectivity index (χ0v) is 10.9. The Kier molecular flexibility index (Phi) is 4.19. The number of hydrogen-bond donors (Lipinski definition) is 3. The number of aromatic nitrogens is 2. The van der Waals surface area contributed by atoms with E-state index in [1.807, 2.05) is 13.1 Å². The Morgan fingerprint density at radius 1 is 1.33 bits per heavy atom. The van der Waals surface area contributed by atoms with Crippen LogP contribution in [0.5, 0.6) is 0 Å². The summed E-state index contributed by atoms with van der Waals surface area (Å²) in [6.45, 7) is 3.88. The van der Waals surface area contributed by atoms with Gasteiger partial charge in [0.1, 0.15) is 11.6 Å². The van der Waals surface area contributed by atoms with Crippen molar-refractivity contribution in [3.8, 4) is 0 Å². The average Bonchev–Trinajstić information content (AvgIpc) is 2.39. The molecule has 1 atom stereocenters. The van der Waals surface area contributed by atoms with E-state index >= 15 is 0 Å². The monoisotopic (exact) mass is 251 g/mol. The molecule has 4 N–H and O–H groups in total. The first kappa shape index (κ1) is 12.9. The number of ether oxygens (including phenoxy) is 1. The van der Waals surface area contributed by atoms with Crippen LogP contribution in [0.2, 0.25) is 0 Å². The van der Waals surface area contributed by atoms with E-state index < -0.39 is 0 Å². The molecule has 1 aromatic heterocycles. The Morgan fingerprint density at radius 3 is 2.67 bits per heavy atom. The number of nitrogen functional groups attached to an aromatic ring is 1. The predicted molar refractivity (Wildman–Crippen MR) is 72.6 cm³/mol. The third kappa shape index (κ3) is 3.22. The van der Waals surface area contributed by atoms with Crippen LogP contribution in [0.4, 0.5) is 17.6 Å². The molecule has 6 nitrogen and oxygen atoms in total. The van der Waals surface area contributed by atoms with Gasteiger partial charge in [0.15, 0.2) is 0 Å². The van der Waals surface area contributed by atoms with Gasteiger partial charge in [0.2, 0.25) is 5.95 Å². The standard InChI is InChI=1S/C12H21N5O/c1-8(9-3-5-18-6-4-9)15-11-7-10(14-2)16-12(13)17-11/h7-9H,3-6H2,1-2H3,(H4,13,14,15,16,17). The summed E-state index contributed by atoms with van der Waals surface area (Å²) in [6, 6.07) is 2.22. The molecule has 1 aliphatic rings. The number of hydrogen-bond acceptors (Lipinski definition) is 6. The lowest BCUT2D eigenvalue weighted by molar-refractivity contribution is 0.0622. The molecular weight excluding hydrogens is 230 g/mol. The van der Waals surface area contributed by atoms with E-state index in [-0.39, 0.29) is 5.95 Å². The van der Waals surface area contributed by atoms with Gasteiger partial charge in [-0.3, -0.25) is 0 Å². The lowest BCUT2D eigenvalue weighted by Crippen LogP contribution is -2.31. The molecule has 1 aromatic rings. The fraction of sp³-hybridized carbons (Fsp3) is 0.667. The van der Waals surface area contributed by atoms with E-state index in [1.165, 1.54) is 0 Å². The first-order valence-electron chi connectivity index (χ1n) is 6.35. The van der Waals surface area contributed by atoms with Crippen molar-refractivity contribution in [2.24, 2.45) is 5.92 Å². The number of rotatable bonds is 4. The maximum absolute atomic E-state index is 5.67. The minimum atomic E-state index is 0.281. The fourth-order valence-corrected chi connectivity index (χ4v) is 2.23. The van der Waals surface area contributed by atoms with Gasteiger partial charge in [0.25, 0.3) is 0 Å². The van der Waals surface area contributed by atoms with Crippen LogP contribution in [0, 0.1) is 5.92 Å². The highest BCUT2D eigenvalue weighted by Gasteiger charge is 2.20. The predicted octanol–water partition coefficient (Wildman–Crippen LogP) is 1.33. The number of anilines is 3. The number of nitrogens with two attached hydrogens (primary N) is 1. The SMILES string of the molecule is CNc1cc(NC(C)C2CCOCC2)nc(N)n1. The molecule has 0 amide bonds. The largest absolute Gasteiger partial charge is 0.381 e. The zero-order chi connectivity index (χ0) is 13.0. The molecule has 1 aliphatic heterocycles. The van der Waals surface area contributed by atoms with E-state index in [9.17, 15) is 0 Å². The van der Waals surface area contributed by atoms with Crippen LogP contribution in [0.15, 0.2) is 6.07 Å². The van der Waals surface area contributed by atoms with Crippen molar-refractivity contribution < 1.29 is 4.74 Å². The first-order chi connectivity index (χ1) is 8.69. The van der Waals surface area contributed by atoms with Gasteiger partial charge in [-0.25, -0.2) is 0 Å². The van der Waals surface area contributed by atoms with E-state index in [1.54, 1.807) is 0 Å². The normalized spacial score (nSPS) is 18.3. The second-order valence-corrected chi connectivity index (χ2v) is 4.63. The van der Waals surface area contributed by atoms with Gasteiger partial charge in [-0.2, -0.15) is 9.97 Å². The Bertz CT molecular complexity index is 392. The van der Waals surface area contributed by atoms with E-state index in [0.717, 1.165) is 37.7 Å². The van der Waals surface area contributed by atoms with Crippen LogP contribution in [0.25, 0.3) is 0 Å². The Hall–Kier alpha value is -1.56. The van der Waals surface area contributed by atoms with Crippen LogP contribution in [-0.4, -0.2) is 36.3 Å². The summed E-state index contributed by atoms with van der Waals surface area (Å²) in [5.74, 6) is 2.39. The van der Waals surface area contributed by atoms with Crippen molar-refractivity contribution in [1.82, 2.24) is 9.97 Å². The number of nitrogens with zero attached hydrogens (tertiary/aromatic N) is 2. The fourth-order valence-electron chi connectivity index (χ4n) is 2.23. The maximum atomic E-state index is 5.67. The lowest BCUT2D eigenvalue weighted by atomic mass is 9.93. The molecule has 2 heterocycles. The van der Waals surface area contributed by atoms with E-state index in [4.69, 9.17) is 10.5 Å². The molecule has 18 heavy (non-hydrogen) atoms. The van der Waals surface area contributed by atoms with Gasteiger partial charge in [0, 0.05) is 32.4 Å². The second-order valence-electron chi connectivity index (χ2n) is 4.63. The van der Waals surface area contributed by atoms with Crippen molar-refractivity contribution in [3.05, 3.63) is 6.07 Å². The third-order valence-electron chi connectivity index (χ3n) is 3.35. The highest BCUT2D eigenvalue weighted by atomic mass is 16.5. The molecule has 0 aliphatic carbocycles. The first-order valence-corrected chi connectivity index (χ1v) is 6.35. The highest BCUT2D eigenvalue weighted by molar-refractivity contribution is 5.51. The van der Waals surface area contributed by atoms with Crippen LogP contribution in [0.3, 0.4) is 0 Å². The number of nitrogens with one attached hydrogen (secondary N) is 2. The molecule has 1 fully saturated rings. The molecule has 0 saturated carbocycles. The van der Waals surface area contributed by atoms with Crippen LogP contribution in [-0.2, 0) is 4.74 Å². The summed E-state index contributed by atoms with van der Waals surface area (Å²) in [7, 11) is 1.81. The third-order valence-corrected chi connectivity index (χ3v) is 3.35. The maximum Gasteiger partial charge on any atom is 0.223 e. The van der Waals surface area contributed by atoms with Gasteiger partial charge in [-0.1, -0.05) is 0 Å². The van der Waals surface area contributed by atoms with Crippen molar-refractivity contribution in [2.75, 3.05) is 36.6 Å². The van der Waals surface area contributed by atoms with E-state index in [0.29, 0.717) is 12.0 Å². The lowest BCUT2D eigenvalue weighted by Gasteiger charge is -2.28. The van der Waals surface area contributed by atoms with Gasteiger partial charge in [-0.15, -0.1) is 0 Å². The van der Waals surface area contributed by atoms with Crippen molar-refractivity contribution in [1.29, 1.82) is 0 Å². The van der Waals surface area contributed by atoms with Crippen LogP contribution >= 0.6 is 0 Å². The molecule has 2 rings (SSSR count). The van der Waals surface area contributed by atoms with Gasteiger partial charge in [0.05, 0.1) is 0 Å². The average molecular weight is 251 g/mol. The summed E-state index contributed by atoms with van der Waals surface area (Å²) >= 11 is 0. The molecule has 6 heteroatoms. The summed E-state index contributed by atoms with van der Waals surface area (Å²) < 4.78 is 5.37. The minimum Gasteiger partial charge on any atom is -0.381 e. The quantitative estimate of drug-likeness (QED) is 0.748. The molecule has 0 bridgehead atoms. The molecule has 100 valence electrons. The van der Waals surface area contributed by atoms with Crippen molar-refractivity contribution in [2.45, 2.75) is 25.8 Å². The molecule has 0 aromatic carbocycles. The minimum absolute atomic E-state index is 0.281. The zero-order valence-electron chi connectivity index (χ0n) is 10.9. The molecule has 1 saturated heterocycles. The summed E-state index contributed by atoms with van der Waals surface area (Å²) in [4.78, 5) is 8.27. The van der Waals surface area contributed by atoms with Crippen LogP contribution < -0.4 is 16.4 Å². The van der Waals surface area contributed by atoms with Crippen LogP contribution in [0.1, 0.15) is 19.8 Å². The smallest absolute Gasteiger partial charge is 0.223 e. The highest BCUT2D eigenvalue weighted by Crippen LogP contribution is 2.22. The molecule has 0 radical (unpaired) electrons. The second kappa shape index (κ2) is 5.86. The van der Waals surface area contributed by atoms with Gasteiger partial charge >= 0.3 is 0 Å². The van der Waals surface area contributed by atoms with E-state index in [2.05, 4.69) is 27.5 Å². The summed E-state index contributed by atoms with van der Waals surface area (Å²) in [6.07, 6.45) is 2.18. The molecule has 1 unspecified atom stereocenters. The van der Waals surface area contributed by atoms with Crippen molar-refractivity contribution in [3.63, 3.8) is 0 Å². The van der Waals surface area contributed by atoms with Gasteiger partial charge < -0.3 is 21.1 Å². The summed E-state index contributed by atoms with van der Waals surface area (Å²) in [5.41, 5.74) is 5.67. The van der Waals surface area contributed by atoms with Crippen molar-refractivity contribution >= 4 is 17.6 Å². The Balaban J connectivity index is 2.01. The Labute approximate surface area is 107 Å². The Morgan fingerprint density at radius 2 is 2.00 bits per heavy atom. The summed E-state index contributed by atoms with van der Waals surface area (Å²) in [5, 5.41) is 6.37. The molecule has 0 spiro atoms. The van der Waals surface area contributed by atoms with Gasteiger partial charge in [-0.05, 0) is 25.7 Å². The molecular formula is C12H21N5O. The topological polar surface area (TPSA) is 85.1 Å².